The number of halogens is 4. The monoisotopic (exact) mass is 338 g/mol. The molecule has 0 saturated heterocycles. The normalized spacial score (nSPS) is 12.4. The number of nitrogens with one attached hydrogen (secondary N) is 1. The molecule has 94 valence electrons. The van der Waals surface area contributed by atoms with E-state index in [2.05, 4.69) is 41.4 Å². The Morgan fingerprint density at radius 1 is 1.33 bits per heavy atom. The predicted molar refractivity (Wildman–Crippen MR) is 58.9 cm³/mol. The Hall–Kier alpha value is -1.49. The largest absolute Gasteiger partial charge is 0.453 e. The molecule has 0 unspecified atom stereocenters. The maximum absolute atomic E-state index is 12.6. The topological polar surface area (TPSA) is 71.8 Å². The average Bonchev–Trinajstić information content (AvgIpc) is 2.87. The Bertz CT molecular complexity index is 712. The van der Waals surface area contributed by atoms with Crippen molar-refractivity contribution in [1.82, 2.24) is 30.0 Å². The first-order valence-corrected chi connectivity index (χ1v) is 6.06. The van der Waals surface area contributed by atoms with Crippen molar-refractivity contribution in [2.45, 2.75) is 6.18 Å². The zero-order chi connectivity index (χ0) is 12.9. The maximum Gasteiger partial charge on any atom is 0.453 e. The number of aromatic nitrogens is 6. The minimum absolute atomic E-state index is 0.0684. The van der Waals surface area contributed by atoms with Crippen LogP contribution in [0, 0.1) is 0 Å². The van der Waals surface area contributed by atoms with Crippen LogP contribution in [0.2, 0.25) is 0 Å². The van der Waals surface area contributed by atoms with Gasteiger partial charge in [-0.1, -0.05) is 11.3 Å². The van der Waals surface area contributed by atoms with Crippen LogP contribution in [0.15, 0.2) is 10.7 Å². The Morgan fingerprint density at radius 3 is 2.72 bits per heavy atom. The number of fused-ring (bicyclic) bond motifs is 1. The summed E-state index contributed by atoms with van der Waals surface area (Å²) in [7, 11) is 0. The maximum atomic E-state index is 12.6. The van der Waals surface area contributed by atoms with Crippen molar-refractivity contribution in [3.8, 4) is 10.7 Å². The van der Waals surface area contributed by atoms with Crippen LogP contribution < -0.4 is 0 Å². The van der Waals surface area contributed by atoms with E-state index >= 15 is 0 Å². The second-order valence-electron chi connectivity index (χ2n) is 3.22. The third kappa shape index (κ3) is 1.70. The molecule has 3 rings (SSSR count). The summed E-state index contributed by atoms with van der Waals surface area (Å²) in [4.78, 5) is 0.0684. The van der Waals surface area contributed by atoms with E-state index in [0.717, 1.165) is 11.3 Å². The van der Waals surface area contributed by atoms with E-state index in [4.69, 9.17) is 0 Å². The van der Waals surface area contributed by atoms with Crippen molar-refractivity contribution in [3.05, 3.63) is 16.5 Å². The van der Waals surface area contributed by atoms with E-state index in [9.17, 15) is 13.2 Å². The molecular weight excluding hydrogens is 337 g/mol. The van der Waals surface area contributed by atoms with Crippen LogP contribution in [0.3, 0.4) is 0 Å². The van der Waals surface area contributed by atoms with Gasteiger partial charge in [-0.15, -0.1) is 10.2 Å². The van der Waals surface area contributed by atoms with E-state index in [1.54, 1.807) is 0 Å². The molecule has 0 fully saturated rings. The average molecular weight is 339 g/mol. The van der Waals surface area contributed by atoms with Crippen molar-refractivity contribution in [2.75, 3.05) is 0 Å². The van der Waals surface area contributed by atoms with Gasteiger partial charge in [-0.3, -0.25) is 5.10 Å². The van der Waals surface area contributed by atoms with Gasteiger partial charge in [0.1, 0.15) is 5.69 Å². The van der Waals surface area contributed by atoms with Crippen molar-refractivity contribution in [2.24, 2.45) is 0 Å². The van der Waals surface area contributed by atoms with Gasteiger partial charge >= 0.3 is 6.18 Å². The van der Waals surface area contributed by atoms with Gasteiger partial charge in [0, 0.05) is 0 Å². The fourth-order valence-electron chi connectivity index (χ4n) is 1.32. The number of H-pyrrole nitrogens is 1. The van der Waals surface area contributed by atoms with E-state index in [-0.39, 0.29) is 4.96 Å². The standard InChI is InChI=1S/C7H2BrF3N6S/c8-2-1-12-13-3(2)4-16-17-5(7(9,10)11)14-15-6(17)18-4/h1H,(H,12,13). The van der Waals surface area contributed by atoms with Gasteiger partial charge in [0.05, 0.1) is 10.7 Å². The van der Waals surface area contributed by atoms with Gasteiger partial charge in [-0.2, -0.15) is 27.9 Å². The smallest absolute Gasteiger partial charge is 0.274 e. The molecule has 0 radical (unpaired) electrons. The fraction of sp³-hybridized carbons (Fsp3) is 0.143. The third-order valence-corrected chi connectivity index (χ3v) is 3.57. The molecule has 6 nitrogen and oxygen atoms in total. The lowest BCUT2D eigenvalue weighted by molar-refractivity contribution is -0.146. The summed E-state index contributed by atoms with van der Waals surface area (Å²) in [5.74, 6) is -1.14. The number of aromatic amines is 1. The van der Waals surface area contributed by atoms with Gasteiger partial charge in [0.25, 0.3) is 5.82 Å². The molecule has 0 amide bonds. The Labute approximate surface area is 109 Å². The Morgan fingerprint density at radius 2 is 2.11 bits per heavy atom. The van der Waals surface area contributed by atoms with Gasteiger partial charge in [0.2, 0.25) is 4.96 Å². The van der Waals surface area contributed by atoms with Gasteiger partial charge < -0.3 is 0 Å². The van der Waals surface area contributed by atoms with Crippen LogP contribution >= 0.6 is 27.3 Å². The molecule has 1 N–H and O–H groups in total. The van der Waals surface area contributed by atoms with E-state index < -0.39 is 12.0 Å². The van der Waals surface area contributed by atoms with E-state index in [1.165, 1.54) is 6.20 Å². The highest BCUT2D eigenvalue weighted by Crippen LogP contribution is 2.33. The molecule has 0 aliphatic heterocycles. The lowest BCUT2D eigenvalue weighted by Crippen LogP contribution is -2.11. The molecule has 18 heavy (non-hydrogen) atoms. The van der Waals surface area contributed by atoms with Gasteiger partial charge in [0.15, 0.2) is 5.01 Å². The molecule has 11 heteroatoms. The third-order valence-electron chi connectivity index (χ3n) is 2.05. The number of hydrogen-bond acceptors (Lipinski definition) is 5. The summed E-state index contributed by atoms with van der Waals surface area (Å²) in [5.41, 5.74) is 0.499. The first-order chi connectivity index (χ1) is 8.47. The van der Waals surface area contributed by atoms with Crippen molar-refractivity contribution in [3.63, 3.8) is 0 Å². The second-order valence-corrected chi connectivity index (χ2v) is 5.03. The summed E-state index contributed by atoms with van der Waals surface area (Å²) in [6.07, 6.45) is -3.10. The molecule has 0 saturated carbocycles. The molecule has 0 aromatic carbocycles. The summed E-state index contributed by atoms with van der Waals surface area (Å²) in [6, 6.07) is 0. The molecule has 0 atom stereocenters. The molecular formula is C7H2BrF3N6S. The van der Waals surface area contributed by atoms with Crippen LogP contribution in [0.5, 0.6) is 0 Å². The Balaban J connectivity index is 2.19. The molecule has 0 aliphatic rings. The minimum atomic E-state index is -4.59. The van der Waals surface area contributed by atoms with E-state index in [0.29, 0.717) is 19.7 Å². The summed E-state index contributed by atoms with van der Waals surface area (Å²) in [5, 5.41) is 17.1. The molecule has 3 aromatic rings. The predicted octanol–water partition coefficient (Wildman–Crippen LogP) is 2.36. The highest BCUT2D eigenvalue weighted by atomic mass is 79.9. The van der Waals surface area contributed by atoms with Crippen molar-refractivity contribution < 1.29 is 13.2 Å². The zero-order valence-corrected chi connectivity index (χ0v) is 10.6. The lowest BCUT2D eigenvalue weighted by Gasteiger charge is -1.99. The van der Waals surface area contributed by atoms with Crippen molar-refractivity contribution >= 4 is 32.2 Å². The number of hydrogen-bond donors (Lipinski definition) is 1. The van der Waals surface area contributed by atoms with Crippen LogP contribution in [-0.4, -0.2) is 30.0 Å². The molecule has 0 aliphatic carbocycles. The molecule has 3 heterocycles. The zero-order valence-electron chi connectivity index (χ0n) is 8.23. The summed E-state index contributed by atoms with van der Waals surface area (Å²) < 4.78 is 39.1. The van der Waals surface area contributed by atoms with Crippen molar-refractivity contribution in [1.29, 1.82) is 0 Å². The van der Waals surface area contributed by atoms with Gasteiger partial charge in [-0.05, 0) is 15.9 Å². The molecule has 3 aromatic heterocycles. The quantitative estimate of drug-likeness (QED) is 0.739. The summed E-state index contributed by atoms with van der Waals surface area (Å²) >= 11 is 4.20. The SMILES string of the molecule is FC(F)(F)c1nnc2sc(-c3[nH]ncc3Br)nn12. The number of rotatable bonds is 1. The van der Waals surface area contributed by atoms with Crippen LogP contribution in [0.4, 0.5) is 13.2 Å². The van der Waals surface area contributed by atoms with Gasteiger partial charge in [-0.25, -0.2) is 0 Å². The highest BCUT2D eigenvalue weighted by Gasteiger charge is 2.38. The lowest BCUT2D eigenvalue weighted by atomic mass is 10.5. The molecule has 0 bridgehead atoms. The number of alkyl halides is 3. The first kappa shape index (κ1) is 11.6. The van der Waals surface area contributed by atoms with Crippen LogP contribution in [0.25, 0.3) is 15.7 Å². The fourth-order valence-corrected chi connectivity index (χ4v) is 2.67. The van der Waals surface area contributed by atoms with Crippen LogP contribution in [0.1, 0.15) is 5.82 Å². The summed E-state index contributed by atoms with van der Waals surface area (Å²) in [6.45, 7) is 0. The highest BCUT2D eigenvalue weighted by molar-refractivity contribution is 9.10. The number of nitrogens with zero attached hydrogens (tertiary/aromatic N) is 5. The molecule has 0 spiro atoms. The Kier molecular flexibility index (Phi) is 2.41. The second kappa shape index (κ2) is 3.75. The minimum Gasteiger partial charge on any atom is -0.274 e. The van der Waals surface area contributed by atoms with E-state index in [1.807, 2.05) is 0 Å². The first-order valence-electron chi connectivity index (χ1n) is 4.45. The van der Waals surface area contributed by atoms with Crippen LogP contribution in [-0.2, 0) is 6.18 Å².